The average molecular weight is 241 g/mol. The summed E-state index contributed by atoms with van der Waals surface area (Å²) < 4.78 is 19.0. The van der Waals surface area contributed by atoms with Crippen LogP contribution in [0.3, 0.4) is 0 Å². The number of hydrogen-bond acceptors (Lipinski definition) is 2. The van der Waals surface area contributed by atoms with Crippen molar-refractivity contribution < 1.29 is 9.13 Å². The molecule has 0 unspecified atom stereocenters. The summed E-state index contributed by atoms with van der Waals surface area (Å²) in [6.07, 6.45) is 0. The highest BCUT2D eigenvalue weighted by molar-refractivity contribution is 5.34. The van der Waals surface area contributed by atoms with Gasteiger partial charge in [0, 0.05) is 5.56 Å². The molecule has 0 atom stereocenters. The Morgan fingerprint density at radius 3 is 2.56 bits per heavy atom. The van der Waals surface area contributed by atoms with Crippen molar-refractivity contribution in [2.75, 3.05) is 0 Å². The van der Waals surface area contributed by atoms with Gasteiger partial charge in [-0.3, -0.25) is 0 Å². The first-order valence-corrected chi connectivity index (χ1v) is 5.57. The highest BCUT2D eigenvalue weighted by atomic mass is 19.1. The molecule has 0 spiro atoms. The van der Waals surface area contributed by atoms with Crippen molar-refractivity contribution in [2.45, 2.75) is 13.5 Å². The van der Waals surface area contributed by atoms with Gasteiger partial charge < -0.3 is 4.74 Å². The molecular formula is C15H12FNO. The zero-order valence-electron chi connectivity index (χ0n) is 9.98. The smallest absolute Gasteiger partial charge is 0.129 e. The molecule has 0 N–H and O–H groups in total. The van der Waals surface area contributed by atoms with Gasteiger partial charge in [0.25, 0.3) is 0 Å². The van der Waals surface area contributed by atoms with Crippen LogP contribution < -0.4 is 4.74 Å². The van der Waals surface area contributed by atoms with E-state index in [1.54, 1.807) is 0 Å². The van der Waals surface area contributed by atoms with Gasteiger partial charge in [0.05, 0.1) is 11.6 Å². The number of nitriles is 1. The molecule has 0 aliphatic carbocycles. The molecule has 90 valence electrons. The number of rotatable bonds is 3. The minimum absolute atomic E-state index is 0.115. The van der Waals surface area contributed by atoms with Crippen LogP contribution in [0.1, 0.15) is 16.7 Å². The molecule has 2 aromatic carbocycles. The maximum Gasteiger partial charge on any atom is 0.129 e. The van der Waals surface area contributed by atoms with Gasteiger partial charge in [0.15, 0.2) is 0 Å². The van der Waals surface area contributed by atoms with E-state index in [0.29, 0.717) is 16.9 Å². The van der Waals surface area contributed by atoms with Crippen LogP contribution in [0.15, 0.2) is 42.5 Å². The Morgan fingerprint density at radius 2 is 1.89 bits per heavy atom. The molecule has 0 fully saturated rings. The molecule has 0 saturated heterocycles. The molecule has 0 saturated carbocycles. The van der Waals surface area contributed by atoms with E-state index in [4.69, 9.17) is 10.00 Å². The summed E-state index contributed by atoms with van der Waals surface area (Å²) in [5.74, 6) is 0.323. The number of halogens is 1. The molecule has 0 aromatic heterocycles. The van der Waals surface area contributed by atoms with Crippen LogP contribution in [0, 0.1) is 24.1 Å². The third-order valence-corrected chi connectivity index (χ3v) is 2.59. The van der Waals surface area contributed by atoms with Gasteiger partial charge in [-0.2, -0.15) is 5.26 Å². The summed E-state index contributed by atoms with van der Waals surface area (Å²) in [6, 6.07) is 13.7. The van der Waals surface area contributed by atoms with Crippen molar-refractivity contribution >= 4 is 0 Å². The van der Waals surface area contributed by atoms with Gasteiger partial charge in [-0.1, -0.05) is 17.7 Å². The molecule has 3 heteroatoms. The number of nitrogens with zero attached hydrogens (tertiary/aromatic N) is 1. The van der Waals surface area contributed by atoms with Crippen molar-refractivity contribution in [3.8, 4) is 11.8 Å². The number of ether oxygens (including phenoxy) is 1. The molecule has 0 bridgehead atoms. The molecule has 2 rings (SSSR count). The fourth-order valence-corrected chi connectivity index (χ4v) is 1.55. The topological polar surface area (TPSA) is 33.0 Å². The van der Waals surface area contributed by atoms with Gasteiger partial charge >= 0.3 is 0 Å². The van der Waals surface area contributed by atoms with E-state index in [-0.39, 0.29) is 12.4 Å². The highest BCUT2D eigenvalue weighted by Gasteiger charge is 2.04. The minimum atomic E-state index is -0.360. The molecule has 18 heavy (non-hydrogen) atoms. The summed E-state index contributed by atoms with van der Waals surface area (Å²) in [7, 11) is 0. The predicted octanol–water partition coefficient (Wildman–Crippen LogP) is 3.58. The summed E-state index contributed by atoms with van der Waals surface area (Å²) in [5, 5.41) is 8.76. The SMILES string of the molecule is Cc1ccc(OCc2cc(C#N)ccc2F)cc1. The lowest BCUT2D eigenvalue weighted by atomic mass is 10.1. The molecule has 0 amide bonds. The van der Waals surface area contributed by atoms with Crippen LogP contribution in [-0.2, 0) is 6.61 Å². The third kappa shape index (κ3) is 2.86. The van der Waals surface area contributed by atoms with Crippen LogP contribution in [0.25, 0.3) is 0 Å². The molecule has 0 radical (unpaired) electrons. The van der Waals surface area contributed by atoms with Crippen molar-refractivity contribution in [3.63, 3.8) is 0 Å². The zero-order chi connectivity index (χ0) is 13.0. The average Bonchev–Trinajstić information content (AvgIpc) is 2.40. The van der Waals surface area contributed by atoms with E-state index in [0.717, 1.165) is 5.56 Å². The molecule has 0 aliphatic heterocycles. The molecule has 0 heterocycles. The molecule has 2 nitrogen and oxygen atoms in total. The fourth-order valence-electron chi connectivity index (χ4n) is 1.55. The largest absolute Gasteiger partial charge is 0.489 e. The lowest BCUT2D eigenvalue weighted by Gasteiger charge is -2.07. The van der Waals surface area contributed by atoms with E-state index in [1.807, 2.05) is 37.3 Å². The lowest BCUT2D eigenvalue weighted by Crippen LogP contribution is -1.99. The Balaban J connectivity index is 2.10. The fraction of sp³-hybridized carbons (Fsp3) is 0.133. The van der Waals surface area contributed by atoms with Gasteiger partial charge in [-0.05, 0) is 37.3 Å². The summed E-state index contributed by atoms with van der Waals surface area (Å²) >= 11 is 0. The molecule has 0 aliphatic rings. The van der Waals surface area contributed by atoms with Gasteiger partial charge in [-0.25, -0.2) is 4.39 Å². The lowest BCUT2D eigenvalue weighted by molar-refractivity contribution is 0.300. The maximum atomic E-state index is 13.5. The summed E-state index contributed by atoms with van der Waals surface area (Å²) in [4.78, 5) is 0. The number of benzene rings is 2. The summed E-state index contributed by atoms with van der Waals surface area (Å²) in [5.41, 5.74) is 1.95. The number of hydrogen-bond donors (Lipinski definition) is 0. The Hall–Kier alpha value is -2.34. The number of aryl methyl sites for hydroxylation is 1. The zero-order valence-corrected chi connectivity index (χ0v) is 9.98. The predicted molar refractivity (Wildman–Crippen MR) is 66.6 cm³/mol. The Bertz CT molecular complexity index is 584. The maximum absolute atomic E-state index is 13.5. The second-order valence-electron chi connectivity index (χ2n) is 4.02. The van der Waals surface area contributed by atoms with Gasteiger partial charge in [0.1, 0.15) is 18.2 Å². The van der Waals surface area contributed by atoms with Gasteiger partial charge in [-0.15, -0.1) is 0 Å². The van der Waals surface area contributed by atoms with E-state index >= 15 is 0 Å². The van der Waals surface area contributed by atoms with Crippen molar-refractivity contribution in [2.24, 2.45) is 0 Å². The van der Waals surface area contributed by atoms with Crippen LogP contribution in [-0.4, -0.2) is 0 Å². The first kappa shape index (κ1) is 12.1. The first-order chi connectivity index (χ1) is 8.69. The van der Waals surface area contributed by atoms with E-state index < -0.39 is 0 Å². The van der Waals surface area contributed by atoms with Crippen LogP contribution in [0.4, 0.5) is 4.39 Å². The second-order valence-corrected chi connectivity index (χ2v) is 4.02. The summed E-state index contributed by atoms with van der Waals surface area (Å²) in [6.45, 7) is 2.10. The Labute approximate surface area is 105 Å². The minimum Gasteiger partial charge on any atom is -0.489 e. The highest BCUT2D eigenvalue weighted by Crippen LogP contribution is 2.16. The quantitative estimate of drug-likeness (QED) is 0.822. The Morgan fingerprint density at radius 1 is 1.17 bits per heavy atom. The van der Waals surface area contributed by atoms with E-state index in [9.17, 15) is 4.39 Å². The van der Waals surface area contributed by atoms with E-state index in [2.05, 4.69) is 0 Å². The van der Waals surface area contributed by atoms with Crippen molar-refractivity contribution in [3.05, 3.63) is 65.0 Å². The van der Waals surface area contributed by atoms with Crippen LogP contribution >= 0.6 is 0 Å². The van der Waals surface area contributed by atoms with E-state index in [1.165, 1.54) is 18.2 Å². The monoisotopic (exact) mass is 241 g/mol. The standard InChI is InChI=1S/C15H12FNO/c1-11-2-5-14(6-3-11)18-10-13-8-12(9-17)4-7-15(13)16/h2-8H,10H2,1H3. The van der Waals surface area contributed by atoms with Crippen molar-refractivity contribution in [1.82, 2.24) is 0 Å². The molecular weight excluding hydrogens is 229 g/mol. The van der Waals surface area contributed by atoms with Crippen LogP contribution in [0.2, 0.25) is 0 Å². The second kappa shape index (κ2) is 5.33. The third-order valence-electron chi connectivity index (χ3n) is 2.59. The molecule has 2 aromatic rings. The van der Waals surface area contributed by atoms with Crippen molar-refractivity contribution in [1.29, 1.82) is 5.26 Å². The first-order valence-electron chi connectivity index (χ1n) is 5.57. The Kier molecular flexibility index (Phi) is 3.59. The van der Waals surface area contributed by atoms with Gasteiger partial charge in [0.2, 0.25) is 0 Å². The normalized spacial score (nSPS) is 9.83. The van der Waals surface area contributed by atoms with Crippen LogP contribution in [0.5, 0.6) is 5.75 Å².